The summed E-state index contributed by atoms with van der Waals surface area (Å²) in [6.07, 6.45) is 1.16. The standard InChI is InChI=1S/C11H14N4O3S/c12-5-1-2-13-10-7(5)14-4-15(10)11-9(18)8(17)6(3-16)19-11/h1-2,4,6,8-9,11,16-18H,3H2,(H2,12,13)/t6-,8-,9+,11-/m1/s1. The number of nitrogens with two attached hydrogens (primary N) is 1. The molecule has 0 aromatic carbocycles. The van der Waals surface area contributed by atoms with E-state index in [0.717, 1.165) is 0 Å². The molecule has 0 amide bonds. The summed E-state index contributed by atoms with van der Waals surface area (Å²) >= 11 is 1.30. The molecule has 1 fully saturated rings. The largest absolute Gasteiger partial charge is 0.397 e. The first-order valence-electron chi connectivity index (χ1n) is 5.83. The lowest BCUT2D eigenvalue weighted by Crippen LogP contribution is -2.32. The Kier molecular flexibility index (Phi) is 3.09. The molecule has 2 aromatic rings. The van der Waals surface area contributed by atoms with Crippen molar-refractivity contribution in [1.82, 2.24) is 14.5 Å². The predicted octanol–water partition coefficient (Wildman–Crippen LogP) is -0.658. The lowest BCUT2D eigenvalue weighted by Gasteiger charge is -2.16. The number of aliphatic hydroxyl groups excluding tert-OH is 3. The molecule has 0 radical (unpaired) electrons. The van der Waals surface area contributed by atoms with Crippen molar-refractivity contribution in [3.8, 4) is 0 Å². The average molecular weight is 282 g/mol. The fourth-order valence-corrected chi connectivity index (χ4v) is 3.62. The summed E-state index contributed by atoms with van der Waals surface area (Å²) in [5.74, 6) is 0. The van der Waals surface area contributed by atoms with Crippen LogP contribution in [0.3, 0.4) is 0 Å². The van der Waals surface area contributed by atoms with E-state index in [1.54, 1.807) is 23.2 Å². The van der Waals surface area contributed by atoms with Gasteiger partial charge in [-0.1, -0.05) is 0 Å². The monoisotopic (exact) mass is 282 g/mol. The van der Waals surface area contributed by atoms with Gasteiger partial charge in [0.25, 0.3) is 0 Å². The zero-order valence-corrected chi connectivity index (χ0v) is 10.7. The number of hydrogen-bond acceptors (Lipinski definition) is 7. The fraction of sp³-hybridized carbons (Fsp3) is 0.455. The van der Waals surface area contributed by atoms with E-state index in [2.05, 4.69) is 9.97 Å². The number of hydrogen-bond donors (Lipinski definition) is 4. The molecular weight excluding hydrogens is 268 g/mol. The minimum atomic E-state index is -0.984. The molecule has 1 saturated heterocycles. The summed E-state index contributed by atoms with van der Waals surface area (Å²) in [5, 5.41) is 28.2. The highest BCUT2D eigenvalue weighted by molar-refractivity contribution is 8.00. The van der Waals surface area contributed by atoms with E-state index < -0.39 is 22.8 Å². The lowest BCUT2D eigenvalue weighted by molar-refractivity contribution is 0.0113. The van der Waals surface area contributed by atoms with E-state index in [0.29, 0.717) is 16.9 Å². The van der Waals surface area contributed by atoms with Crippen LogP contribution in [0.4, 0.5) is 5.69 Å². The third kappa shape index (κ3) is 1.88. The van der Waals surface area contributed by atoms with Gasteiger partial charge >= 0.3 is 0 Å². The topological polar surface area (TPSA) is 117 Å². The number of aromatic nitrogens is 3. The Balaban J connectivity index is 2.04. The van der Waals surface area contributed by atoms with Crippen LogP contribution < -0.4 is 5.73 Å². The van der Waals surface area contributed by atoms with E-state index >= 15 is 0 Å². The van der Waals surface area contributed by atoms with Gasteiger partial charge < -0.3 is 21.1 Å². The van der Waals surface area contributed by atoms with Crippen molar-refractivity contribution in [3.63, 3.8) is 0 Å². The number of fused-ring (bicyclic) bond motifs is 1. The van der Waals surface area contributed by atoms with Crippen LogP contribution in [0, 0.1) is 0 Å². The number of thioether (sulfide) groups is 1. The molecule has 2 aromatic heterocycles. The molecule has 1 aliphatic heterocycles. The van der Waals surface area contributed by atoms with Gasteiger partial charge in [-0.25, -0.2) is 9.97 Å². The minimum absolute atomic E-state index is 0.193. The molecule has 7 nitrogen and oxygen atoms in total. The molecule has 5 N–H and O–H groups in total. The van der Waals surface area contributed by atoms with Gasteiger partial charge in [0.15, 0.2) is 5.65 Å². The van der Waals surface area contributed by atoms with Crippen molar-refractivity contribution >= 4 is 28.6 Å². The molecule has 3 heterocycles. The third-order valence-corrected chi connectivity index (χ3v) is 4.85. The Hall–Kier alpha value is -1.35. The van der Waals surface area contributed by atoms with Crippen LogP contribution in [0.5, 0.6) is 0 Å². The molecule has 0 saturated carbocycles. The summed E-state index contributed by atoms with van der Waals surface area (Å²) in [4.78, 5) is 8.39. The fourth-order valence-electron chi connectivity index (χ4n) is 2.25. The number of nitrogen functional groups attached to an aromatic ring is 1. The Labute approximate surface area is 113 Å². The van der Waals surface area contributed by atoms with Crippen molar-refractivity contribution in [1.29, 1.82) is 0 Å². The van der Waals surface area contributed by atoms with Crippen molar-refractivity contribution in [2.45, 2.75) is 22.8 Å². The maximum absolute atomic E-state index is 10.1. The number of nitrogens with zero attached hydrogens (tertiary/aromatic N) is 3. The predicted molar refractivity (Wildman–Crippen MR) is 71.5 cm³/mol. The van der Waals surface area contributed by atoms with Gasteiger partial charge in [0, 0.05) is 6.20 Å². The van der Waals surface area contributed by atoms with Gasteiger partial charge in [0.2, 0.25) is 0 Å². The quantitative estimate of drug-likeness (QED) is 0.577. The van der Waals surface area contributed by atoms with E-state index in [1.807, 2.05) is 0 Å². The first-order valence-corrected chi connectivity index (χ1v) is 6.77. The van der Waals surface area contributed by atoms with Crippen LogP contribution >= 0.6 is 11.8 Å². The van der Waals surface area contributed by atoms with E-state index in [9.17, 15) is 15.3 Å². The molecule has 4 atom stereocenters. The Morgan fingerprint density at radius 2 is 2.11 bits per heavy atom. The van der Waals surface area contributed by atoms with Crippen LogP contribution in [0.25, 0.3) is 11.2 Å². The van der Waals surface area contributed by atoms with E-state index in [-0.39, 0.29) is 6.61 Å². The molecule has 0 bridgehead atoms. The zero-order chi connectivity index (χ0) is 13.6. The second-order valence-electron chi connectivity index (χ2n) is 4.45. The molecule has 8 heteroatoms. The first-order chi connectivity index (χ1) is 9.13. The highest BCUT2D eigenvalue weighted by Crippen LogP contribution is 2.42. The van der Waals surface area contributed by atoms with Gasteiger partial charge in [-0.15, -0.1) is 11.8 Å². The van der Waals surface area contributed by atoms with Gasteiger partial charge in [0.05, 0.1) is 30.0 Å². The summed E-state index contributed by atoms with van der Waals surface area (Å²) in [5.41, 5.74) is 7.45. The van der Waals surface area contributed by atoms with Crippen LogP contribution in [-0.2, 0) is 0 Å². The van der Waals surface area contributed by atoms with E-state index in [4.69, 9.17) is 5.73 Å². The Morgan fingerprint density at radius 1 is 1.32 bits per heavy atom. The third-order valence-electron chi connectivity index (χ3n) is 3.28. The number of aliphatic hydroxyl groups is 3. The molecule has 0 aliphatic carbocycles. The molecule has 102 valence electrons. The van der Waals surface area contributed by atoms with Gasteiger partial charge in [-0.3, -0.25) is 4.57 Å². The van der Waals surface area contributed by atoms with Crippen LogP contribution in [0.2, 0.25) is 0 Å². The normalized spacial score (nSPS) is 31.1. The SMILES string of the molecule is Nc1ccnc2c1ncn2[C@@H]1S[C@H](CO)[C@@H](O)[C@@H]1O. The molecular formula is C11H14N4O3S. The smallest absolute Gasteiger partial charge is 0.163 e. The average Bonchev–Trinajstić information content (AvgIpc) is 2.94. The summed E-state index contributed by atoms with van der Waals surface area (Å²) in [6.45, 7) is -0.193. The number of anilines is 1. The van der Waals surface area contributed by atoms with Crippen molar-refractivity contribution in [2.75, 3.05) is 12.3 Å². The zero-order valence-electron chi connectivity index (χ0n) is 9.92. The summed E-state index contributed by atoms with van der Waals surface area (Å²) in [7, 11) is 0. The number of pyridine rings is 1. The lowest BCUT2D eigenvalue weighted by atomic mass is 10.1. The molecule has 0 spiro atoms. The van der Waals surface area contributed by atoms with Gasteiger partial charge in [-0.2, -0.15) is 0 Å². The minimum Gasteiger partial charge on any atom is -0.397 e. The van der Waals surface area contributed by atoms with Crippen molar-refractivity contribution in [2.24, 2.45) is 0 Å². The van der Waals surface area contributed by atoms with Crippen LogP contribution in [0.15, 0.2) is 18.6 Å². The summed E-state index contributed by atoms with van der Waals surface area (Å²) in [6, 6.07) is 1.66. The summed E-state index contributed by atoms with van der Waals surface area (Å²) < 4.78 is 1.68. The Morgan fingerprint density at radius 3 is 2.79 bits per heavy atom. The molecule has 1 aliphatic rings. The van der Waals surface area contributed by atoms with E-state index in [1.165, 1.54) is 11.8 Å². The highest BCUT2D eigenvalue weighted by Gasteiger charge is 2.43. The molecule has 19 heavy (non-hydrogen) atoms. The van der Waals surface area contributed by atoms with Crippen LogP contribution in [0.1, 0.15) is 5.37 Å². The molecule has 3 rings (SSSR count). The highest BCUT2D eigenvalue weighted by atomic mass is 32.2. The van der Waals surface area contributed by atoms with Gasteiger partial charge in [-0.05, 0) is 6.07 Å². The van der Waals surface area contributed by atoms with Crippen molar-refractivity contribution in [3.05, 3.63) is 18.6 Å². The maximum Gasteiger partial charge on any atom is 0.163 e. The second kappa shape index (κ2) is 4.64. The Bertz CT molecular complexity index is 605. The van der Waals surface area contributed by atoms with Crippen molar-refractivity contribution < 1.29 is 15.3 Å². The molecule has 0 unspecified atom stereocenters. The number of rotatable bonds is 2. The number of imidazole rings is 1. The first kappa shape index (κ1) is 12.7. The second-order valence-corrected chi connectivity index (χ2v) is 5.81. The maximum atomic E-state index is 10.1. The van der Waals surface area contributed by atoms with Gasteiger partial charge in [0.1, 0.15) is 17.0 Å². The van der Waals surface area contributed by atoms with Crippen LogP contribution in [-0.4, -0.2) is 53.9 Å².